The van der Waals surface area contributed by atoms with E-state index in [4.69, 9.17) is 0 Å². The van der Waals surface area contributed by atoms with Gasteiger partial charge < -0.3 is 4.98 Å². The van der Waals surface area contributed by atoms with Crippen LogP contribution < -0.4 is 0 Å². The Kier molecular flexibility index (Phi) is 4.51. The second kappa shape index (κ2) is 7.61. The lowest BCUT2D eigenvalue weighted by Crippen LogP contribution is -1.80. The van der Waals surface area contributed by atoms with Crippen molar-refractivity contribution in [1.29, 1.82) is 0 Å². The van der Waals surface area contributed by atoms with E-state index in [1.54, 1.807) is 0 Å². The Morgan fingerprint density at radius 3 is 2.00 bits per heavy atom. The average molecular weight is 372 g/mol. The van der Waals surface area contributed by atoms with Crippen molar-refractivity contribution in [1.82, 2.24) is 9.97 Å². The molecule has 3 aromatic carbocycles. The number of rotatable bonds is 4. The van der Waals surface area contributed by atoms with E-state index in [1.165, 1.54) is 22.1 Å². The van der Waals surface area contributed by atoms with Gasteiger partial charge in [0.1, 0.15) is 5.65 Å². The third-order valence-corrected chi connectivity index (χ3v) is 5.07. The highest BCUT2D eigenvalue weighted by Gasteiger charge is 2.08. The number of hydrogen-bond acceptors (Lipinski definition) is 1. The number of fused-ring (bicyclic) bond motifs is 3. The minimum atomic E-state index is 0.916. The van der Waals surface area contributed by atoms with Crippen LogP contribution >= 0.6 is 0 Å². The minimum absolute atomic E-state index is 0.916. The van der Waals surface area contributed by atoms with Gasteiger partial charge in [-0.15, -0.1) is 0 Å². The Morgan fingerprint density at radius 2 is 1.28 bits per heavy atom. The third-order valence-electron chi connectivity index (χ3n) is 5.07. The largest absolute Gasteiger partial charge is 0.339 e. The Morgan fingerprint density at radius 1 is 0.621 bits per heavy atom. The molecular formula is C27H20N2. The van der Waals surface area contributed by atoms with E-state index in [1.807, 2.05) is 18.3 Å². The van der Waals surface area contributed by atoms with Gasteiger partial charge in [-0.3, -0.25) is 0 Å². The zero-order valence-electron chi connectivity index (χ0n) is 15.9. The van der Waals surface area contributed by atoms with Crippen LogP contribution in [0.2, 0.25) is 0 Å². The molecule has 138 valence electrons. The summed E-state index contributed by atoms with van der Waals surface area (Å²) in [7, 11) is 0. The van der Waals surface area contributed by atoms with Crippen LogP contribution in [0.5, 0.6) is 0 Å². The minimum Gasteiger partial charge on any atom is -0.339 e. The van der Waals surface area contributed by atoms with Crippen molar-refractivity contribution >= 4 is 46.2 Å². The summed E-state index contributed by atoms with van der Waals surface area (Å²) >= 11 is 0. The molecule has 2 aromatic heterocycles. The zero-order valence-corrected chi connectivity index (χ0v) is 15.9. The standard InChI is InChI=1S/C27H20N2/c1-3-7-20(8-4-1)11-12-22-14-16-25-24(19-22)26-23(17-18-28-27(26)29-25)15-13-21-9-5-2-6-10-21/h1-19H,(H,28,29). The Labute approximate surface area is 169 Å². The first-order chi connectivity index (χ1) is 14.4. The van der Waals surface area contributed by atoms with E-state index < -0.39 is 0 Å². The number of aromatic nitrogens is 2. The van der Waals surface area contributed by atoms with E-state index in [-0.39, 0.29) is 0 Å². The number of hydrogen-bond donors (Lipinski definition) is 1. The smallest absolute Gasteiger partial charge is 0.138 e. The quantitative estimate of drug-likeness (QED) is 0.336. The van der Waals surface area contributed by atoms with Crippen molar-refractivity contribution in [3.63, 3.8) is 0 Å². The fourth-order valence-electron chi connectivity index (χ4n) is 3.61. The molecule has 0 saturated carbocycles. The topological polar surface area (TPSA) is 28.7 Å². The van der Waals surface area contributed by atoms with Crippen LogP contribution in [-0.4, -0.2) is 9.97 Å². The summed E-state index contributed by atoms with van der Waals surface area (Å²) < 4.78 is 0. The zero-order chi connectivity index (χ0) is 19.5. The highest BCUT2D eigenvalue weighted by Crippen LogP contribution is 2.29. The van der Waals surface area contributed by atoms with Gasteiger partial charge >= 0.3 is 0 Å². The van der Waals surface area contributed by atoms with Crippen molar-refractivity contribution < 1.29 is 0 Å². The first-order valence-corrected chi connectivity index (χ1v) is 9.73. The average Bonchev–Trinajstić information content (AvgIpc) is 3.16. The molecule has 5 aromatic rings. The van der Waals surface area contributed by atoms with E-state index in [0.717, 1.165) is 22.1 Å². The van der Waals surface area contributed by atoms with Gasteiger partial charge in [-0.25, -0.2) is 4.98 Å². The van der Waals surface area contributed by atoms with Crippen LogP contribution in [0, 0.1) is 0 Å². The molecule has 1 N–H and O–H groups in total. The molecule has 0 bridgehead atoms. The number of nitrogens with zero attached hydrogens (tertiary/aromatic N) is 1. The van der Waals surface area contributed by atoms with Crippen LogP contribution in [0.25, 0.3) is 46.2 Å². The highest BCUT2D eigenvalue weighted by molar-refractivity contribution is 6.10. The third kappa shape index (κ3) is 3.61. The maximum atomic E-state index is 4.55. The first-order valence-electron chi connectivity index (χ1n) is 9.73. The molecule has 2 heteroatoms. The summed E-state index contributed by atoms with van der Waals surface area (Å²) in [4.78, 5) is 8.00. The van der Waals surface area contributed by atoms with Gasteiger partial charge in [-0.2, -0.15) is 0 Å². The molecule has 0 unspecified atom stereocenters. The first kappa shape index (κ1) is 17.2. The summed E-state index contributed by atoms with van der Waals surface area (Å²) in [6, 6.07) is 29.3. The number of H-pyrrole nitrogens is 1. The molecule has 0 amide bonds. The molecule has 0 aliphatic carbocycles. The monoisotopic (exact) mass is 372 g/mol. The molecule has 29 heavy (non-hydrogen) atoms. The SMILES string of the molecule is C(=Cc1ccc2[nH]c3nccc(C=Cc4ccccc4)c3c2c1)c1ccccc1. The summed E-state index contributed by atoms with van der Waals surface area (Å²) in [5, 5.41) is 2.35. The van der Waals surface area contributed by atoms with Crippen molar-refractivity contribution in [3.05, 3.63) is 113 Å². The maximum absolute atomic E-state index is 4.55. The molecule has 0 saturated heterocycles. The maximum Gasteiger partial charge on any atom is 0.138 e. The van der Waals surface area contributed by atoms with Gasteiger partial charge in [0.25, 0.3) is 0 Å². The number of nitrogens with one attached hydrogen (secondary N) is 1. The van der Waals surface area contributed by atoms with Crippen molar-refractivity contribution in [2.75, 3.05) is 0 Å². The molecule has 0 atom stereocenters. The van der Waals surface area contributed by atoms with Crippen LogP contribution in [0.4, 0.5) is 0 Å². The van der Waals surface area contributed by atoms with Gasteiger partial charge in [0.05, 0.1) is 0 Å². The van der Waals surface area contributed by atoms with Crippen molar-refractivity contribution in [2.24, 2.45) is 0 Å². The lowest BCUT2D eigenvalue weighted by atomic mass is 10.0. The predicted octanol–water partition coefficient (Wildman–Crippen LogP) is 7.06. The van der Waals surface area contributed by atoms with Crippen molar-refractivity contribution in [2.45, 2.75) is 0 Å². The molecule has 0 aliphatic heterocycles. The molecule has 2 heterocycles. The second-order valence-electron chi connectivity index (χ2n) is 7.04. The molecule has 5 rings (SSSR count). The Bertz CT molecular complexity index is 1330. The van der Waals surface area contributed by atoms with Crippen LogP contribution in [-0.2, 0) is 0 Å². The van der Waals surface area contributed by atoms with Crippen LogP contribution in [0.1, 0.15) is 22.3 Å². The van der Waals surface area contributed by atoms with Crippen molar-refractivity contribution in [3.8, 4) is 0 Å². The van der Waals surface area contributed by atoms with Gasteiger partial charge in [0.2, 0.25) is 0 Å². The van der Waals surface area contributed by atoms with Gasteiger partial charge in [-0.05, 0) is 40.5 Å². The van der Waals surface area contributed by atoms with Gasteiger partial charge in [0, 0.05) is 22.5 Å². The lowest BCUT2D eigenvalue weighted by molar-refractivity contribution is 1.34. The van der Waals surface area contributed by atoms with Gasteiger partial charge in [-0.1, -0.05) is 91.0 Å². The number of aromatic amines is 1. The molecule has 0 radical (unpaired) electrons. The predicted molar refractivity (Wildman–Crippen MR) is 124 cm³/mol. The molecule has 0 aliphatic rings. The lowest BCUT2D eigenvalue weighted by Gasteiger charge is -2.00. The van der Waals surface area contributed by atoms with Crippen LogP contribution in [0.3, 0.4) is 0 Å². The number of pyridine rings is 1. The fourth-order valence-corrected chi connectivity index (χ4v) is 3.61. The summed E-state index contributed by atoms with van der Waals surface area (Å²) in [5.41, 5.74) is 6.73. The van der Waals surface area contributed by atoms with Crippen LogP contribution in [0.15, 0.2) is 91.1 Å². The summed E-state index contributed by atoms with van der Waals surface area (Å²) in [6.45, 7) is 0. The van der Waals surface area contributed by atoms with E-state index in [2.05, 4.69) is 107 Å². The van der Waals surface area contributed by atoms with Gasteiger partial charge in [0.15, 0.2) is 0 Å². The van der Waals surface area contributed by atoms with E-state index >= 15 is 0 Å². The summed E-state index contributed by atoms with van der Waals surface area (Å²) in [5.74, 6) is 0. The molecule has 0 fully saturated rings. The van der Waals surface area contributed by atoms with E-state index in [0.29, 0.717) is 0 Å². The molecule has 2 nitrogen and oxygen atoms in total. The number of benzene rings is 3. The Hall–Kier alpha value is -3.91. The molecular weight excluding hydrogens is 352 g/mol. The van der Waals surface area contributed by atoms with E-state index in [9.17, 15) is 0 Å². The highest BCUT2D eigenvalue weighted by atomic mass is 14.8. The summed E-state index contributed by atoms with van der Waals surface area (Å²) in [6.07, 6.45) is 10.5. The molecule has 0 spiro atoms. The fraction of sp³-hybridized carbons (Fsp3) is 0. The second-order valence-corrected chi connectivity index (χ2v) is 7.04. The normalized spacial score (nSPS) is 11.9. The Balaban J connectivity index is 1.58.